The Kier molecular flexibility index (Phi) is 5.69. The highest BCUT2D eigenvalue weighted by atomic mass is 16.1. The lowest BCUT2D eigenvalue weighted by Crippen LogP contribution is -2.28. The van der Waals surface area contributed by atoms with Gasteiger partial charge in [-0.25, -0.2) is 4.99 Å². The Hall–Kier alpha value is -2.42. The van der Waals surface area contributed by atoms with Gasteiger partial charge in [-0.1, -0.05) is 44.2 Å². The van der Waals surface area contributed by atoms with Gasteiger partial charge in [-0.15, -0.1) is 0 Å². The number of para-hydroxylation sites is 1. The van der Waals surface area contributed by atoms with E-state index in [2.05, 4.69) is 30.2 Å². The number of nitrogens with one attached hydrogen (secondary N) is 1. The van der Waals surface area contributed by atoms with Crippen LogP contribution in [-0.4, -0.2) is 11.7 Å². The van der Waals surface area contributed by atoms with E-state index < -0.39 is 0 Å². The van der Waals surface area contributed by atoms with Gasteiger partial charge in [0.2, 0.25) is 0 Å². The predicted octanol–water partition coefficient (Wildman–Crippen LogP) is 4.99. The quantitative estimate of drug-likeness (QED) is 0.627. The van der Waals surface area contributed by atoms with Crippen molar-refractivity contribution in [3.05, 3.63) is 65.2 Å². The van der Waals surface area contributed by atoms with Crippen LogP contribution in [0.5, 0.6) is 0 Å². The van der Waals surface area contributed by atoms with E-state index in [1.807, 2.05) is 56.3 Å². The number of nitrogens with zero attached hydrogens (tertiary/aromatic N) is 1. The fraction of sp³-hybridized carbons (Fsp3) is 0.300. The van der Waals surface area contributed by atoms with Crippen LogP contribution in [0.3, 0.4) is 0 Å². The Morgan fingerprint density at radius 2 is 1.91 bits per heavy atom. The van der Waals surface area contributed by atoms with E-state index >= 15 is 0 Å². The summed E-state index contributed by atoms with van der Waals surface area (Å²) in [6.07, 6.45) is 1.05. The second kappa shape index (κ2) is 7.73. The van der Waals surface area contributed by atoms with Crippen molar-refractivity contribution >= 4 is 17.4 Å². The number of rotatable bonds is 4. The van der Waals surface area contributed by atoms with E-state index in [9.17, 15) is 4.79 Å². The molecule has 0 heterocycles. The molecule has 0 spiro atoms. The number of carbonyl (C=O) groups is 1. The zero-order valence-corrected chi connectivity index (χ0v) is 14.3. The molecule has 2 aromatic rings. The molecule has 3 heteroatoms. The highest BCUT2D eigenvalue weighted by Crippen LogP contribution is 2.20. The van der Waals surface area contributed by atoms with Crippen LogP contribution in [0.25, 0.3) is 0 Å². The molecule has 2 aromatic carbocycles. The average Bonchev–Trinajstić information content (AvgIpc) is 2.56. The lowest BCUT2D eigenvalue weighted by atomic mass is 9.97. The molecule has 1 N–H and O–H groups in total. The molecule has 1 atom stereocenters. The van der Waals surface area contributed by atoms with Gasteiger partial charge < -0.3 is 5.32 Å². The fourth-order valence-corrected chi connectivity index (χ4v) is 2.36. The maximum atomic E-state index is 12.4. The maximum Gasteiger partial charge on any atom is 0.256 e. The van der Waals surface area contributed by atoms with Crippen LogP contribution >= 0.6 is 0 Å². The number of benzene rings is 2. The van der Waals surface area contributed by atoms with Gasteiger partial charge >= 0.3 is 0 Å². The summed E-state index contributed by atoms with van der Waals surface area (Å²) in [5.41, 5.74) is 3.81. The van der Waals surface area contributed by atoms with Crippen LogP contribution in [-0.2, 0) is 0 Å². The number of carbonyl (C=O) groups excluding carboxylic acids is 1. The van der Waals surface area contributed by atoms with Crippen molar-refractivity contribution in [3.8, 4) is 0 Å². The average molecular weight is 308 g/mol. The molecule has 23 heavy (non-hydrogen) atoms. The van der Waals surface area contributed by atoms with E-state index in [1.165, 1.54) is 5.56 Å². The van der Waals surface area contributed by atoms with E-state index in [0.717, 1.165) is 17.7 Å². The van der Waals surface area contributed by atoms with Gasteiger partial charge in [0.1, 0.15) is 5.84 Å². The number of aryl methyl sites for hydroxylation is 1. The first kappa shape index (κ1) is 16.9. The number of hydrogen-bond acceptors (Lipinski definition) is 2. The first-order valence-corrected chi connectivity index (χ1v) is 8.03. The van der Waals surface area contributed by atoms with Gasteiger partial charge in [-0.3, -0.25) is 4.79 Å². The lowest BCUT2D eigenvalue weighted by molar-refractivity contribution is 0.0977. The summed E-state index contributed by atoms with van der Waals surface area (Å²) in [6.45, 7) is 8.13. The van der Waals surface area contributed by atoms with Crippen LogP contribution in [0.1, 0.15) is 54.6 Å². The van der Waals surface area contributed by atoms with Crippen LogP contribution in [0.4, 0.5) is 5.69 Å². The van der Waals surface area contributed by atoms with Crippen molar-refractivity contribution in [2.45, 2.75) is 40.0 Å². The largest absolute Gasteiger partial charge is 0.310 e. The summed E-state index contributed by atoms with van der Waals surface area (Å²) in [5, 5.41) is 2.87. The summed E-state index contributed by atoms with van der Waals surface area (Å²) >= 11 is 0. The van der Waals surface area contributed by atoms with E-state index in [1.54, 1.807) is 0 Å². The molecule has 0 bridgehead atoms. The van der Waals surface area contributed by atoms with Gasteiger partial charge in [-0.2, -0.15) is 0 Å². The van der Waals surface area contributed by atoms with Crippen LogP contribution < -0.4 is 5.32 Å². The fourth-order valence-electron chi connectivity index (χ4n) is 2.36. The minimum atomic E-state index is -0.120. The molecule has 0 fully saturated rings. The molecule has 0 aliphatic rings. The summed E-state index contributed by atoms with van der Waals surface area (Å²) < 4.78 is 0. The SMILES string of the molecule is CC[C@@H](C)c1cccc(C(=O)NC(C)=Nc2ccccc2C)c1. The second-order valence-corrected chi connectivity index (χ2v) is 5.87. The molecule has 0 aromatic heterocycles. The number of hydrogen-bond donors (Lipinski definition) is 1. The third-order valence-corrected chi connectivity index (χ3v) is 4.03. The monoisotopic (exact) mass is 308 g/mol. The molecule has 1 amide bonds. The lowest BCUT2D eigenvalue weighted by Gasteiger charge is -2.11. The molecular formula is C20H24N2O. The molecule has 0 unspecified atom stereocenters. The summed E-state index contributed by atoms with van der Waals surface area (Å²) in [7, 11) is 0. The highest BCUT2D eigenvalue weighted by Gasteiger charge is 2.10. The van der Waals surface area contributed by atoms with Crippen molar-refractivity contribution in [2.24, 2.45) is 4.99 Å². The van der Waals surface area contributed by atoms with E-state index in [0.29, 0.717) is 17.3 Å². The van der Waals surface area contributed by atoms with E-state index in [-0.39, 0.29) is 5.91 Å². The van der Waals surface area contributed by atoms with Crippen LogP contribution in [0, 0.1) is 6.92 Å². The molecule has 0 radical (unpaired) electrons. The standard InChI is InChI=1S/C20H24N2O/c1-5-14(2)17-10-8-11-18(13-17)20(23)22-16(4)21-19-12-7-6-9-15(19)3/h6-14H,5H2,1-4H3,(H,21,22,23)/t14-/m1/s1. The van der Waals surface area contributed by atoms with Crippen LogP contribution in [0.15, 0.2) is 53.5 Å². The number of amides is 1. The molecule has 3 nitrogen and oxygen atoms in total. The molecule has 0 saturated heterocycles. The van der Waals surface area contributed by atoms with Crippen molar-refractivity contribution in [3.63, 3.8) is 0 Å². The molecule has 120 valence electrons. The Labute approximate surface area is 138 Å². The van der Waals surface area contributed by atoms with Crippen LogP contribution in [0.2, 0.25) is 0 Å². The smallest absolute Gasteiger partial charge is 0.256 e. The van der Waals surface area contributed by atoms with Gasteiger partial charge in [0.25, 0.3) is 5.91 Å². The molecular weight excluding hydrogens is 284 g/mol. The van der Waals surface area contributed by atoms with Gasteiger partial charge in [0, 0.05) is 5.56 Å². The maximum absolute atomic E-state index is 12.4. The Bertz CT molecular complexity index is 719. The zero-order chi connectivity index (χ0) is 16.8. The number of amidine groups is 1. The number of aliphatic imine (C=N–C) groups is 1. The third-order valence-electron chi connectivity index (χ3n) is 4.03. The minimum absolute atomic E-state index is 0.120. The third kappa shape index (κ3) is 4.52. The van der Waals surface area contributed by atoms with Gasteiger partial charge in [0.15, 0.2) is 0 Å². The first-order chi connectivity index (χ1) is 11.0. The highest BCUT2D eigenvalue weighted by molar-refractivity contribution is 6.06. The summed E-state index contributed by atoms with van der Waals surface area (Å²) in [5.74, 6) is 0.924. The van der Waals surface area contributed by atoms with Crippen molar-refractivity contribution in [1.82, 2.24) is 5.32 Å². The predicted molar refractivity (Wildman–Crippen MR) is 96.6 cm³/mol. The molecule has 0 aliphatic heterocycles. The Morgan fingerprint density at radius 3 is 2.61 bits per heavy atom. The topological polar surface area (TPSA) is 41.5 Å². The zero-order valence-electron chi connectivity index (χ0n) is 14.3. The summed E-state index contributed by atoms with van der Waals surface area (Å²) in [4.78, 5) is 16.9. The minimum Gasteiger partial charge on any atom is -0.310 e. The molecule has 0 saturated carbocycles. The molecule has 2 rings (SSSR count). The second-order valence-electron chi connectivity index (χ2n) is 5.87. The van der Waals surface area contributed by atoms with E-state index in [4.69, 9.17) is 0 Å². The van der Waals surface area contributed by atoms with Gasteiger partial charge in [0.05, 0.1) is 5.69 Å². The van der Waals surface area contributed by atoms with Crippen molar-refractivity contribution in [2.75, 3.05) is 0 Å². The van der Waals surface area contributed by atoms with Crippen molar-refractivity contribution < 1.29 is 4.79 Å². The molecule has 0 aliphatic carbocycles. The Morgan fingerprint density at radius 1 is 1.17 bits per heavy atom. The van der Waals surface area contributed by atoms with Crippen molar-refractivity contribution in [1.29, 1.82) is 0 Å². The Balaban J connectivity index is 2.14. The normalized spacial score (nSPS) is 12.8. The van der Waals surface area contributed by atoms with Gasteiger partial charge in [-0.05, 0) is 55.5 Å². The first-order valence-electron chi connectivity index (χ1n) is 8.03. The summed E-state index contributed by atoms with van der Waals surface area (Å²) in [6, 6.07) is 15.7.